The van der Waals surface area contributed by atoms with Crippen LogP contribution in [0.4, 0.5) is 10.5 Å². The number of amides is 3. The van der Waals surface area contributed by atoms with Gasteiger partial charge < -0.3 is 25.4 Å². The number of benzene rings is 4. The summed E-state index contributed by atoms with van der Waals surface area (Å²) >= 11 is 0. The number of alkyl carbamates (subject to hydrolysis) is 1. The van der Waals surface area contributed by atoms with E-state index in [1.807, 2.05) is 93.6 Å². The van der Waals surface area contributed by atoms with Crippen molar-refractivity contribution < 1.29 is 24.2 Å². The van der Waals surface area contributed by atoms with Crippen LogP contribution in [0.3, 0.4) is 0 Å². The van der Waals surface area contributed by atoms with Gasteiger partial charge in [0.2, 0.25) is 5.91 Å². The Morgan fingerprint density at radius 1 is 0.822 bits per heavy atom. The van der Waals surface area contributed by atoms with Crippen molar-refractivity contribution in [3.63, 3.8) is 0 Å². The van der Waals surface area contributed by atoms with Gasteiger partial charge in [-0.15, -0.1) is 0 Å². The molecule has 3 amide bonds. The van der Waals surface area contributed by atoms with Gasteiger partial charge in [-0.05, 0) is 75.6 Å². The van der Waals surface area contributed by atoms with E-state index in [4.69, 9.17) is 4.74 Å². The molecule has 4 aromatic carbocycles. The Hall–Kier alpha value is -4.85. The minimum Gasteiger partial charge on any atom is -0.508 e. The maximum Gasteiger partial charge on any atom is 0.408 e. The summed E-state index contributed by atoms with van der Waals surface area (Å²) in [5, 5.41) is 18.8. The van der Waals surface area contributed by atoms with E-state index in [1.165, 1.54) is 11.0 Å². The molecule has 4 rings (SSSR count). The summed E-state index contributed by atoms with van der Waals surface area (Å²) in [7, 11) is 0. The molecule has 0 aliphatic carbocycles. The topological polar surface area (TPSA) is 108 Å². The van der Waals surface area contributed by atoms with Crippen molar-refractivity contribution in [2.75, 3.05) is 5.32 Å². The predicted molar refractivity (Wildman–Crippen MR) is 178 cm³/mol. The summed E-state index contributed by atoms with van der Waals surface area (Å²) in [6.07, 6.45) is -0.100. The molecule has 0 fully saturated rings. The Kier molecular flexibility index (Phi) is 10.2. The molecule has 0 saturated heterocycles. The second-order valence-corrected chi connectivity index (χ2v) is 12.8. The summed E-state index contributed by atoms with van der Waals surface area (Å²) in [6, 6.07) is 27.0. The fourth-order valence-corrected chi connectivity index (χ4v) is 5.21. The smallest absolute Gasteiger partial charge is 0.408 e. The van der Waals surface area contributed by atoms with Crippen molar-refractivity contribution in [1.29, 1.82) is 0 Å². The van der Waals surface area contributed by atoms with Crippen LogP contribution in [0.25, 0.3) is 10.8 Å². The molecule has 8 nitrogen and oxygen atoms in total. The maximum atomic E-state index is 14.8. The minimum atomic E-state index is -1.24. The van der Waals surface area contributed by atoms with Gasteiger partial charge in [-0.2, -0.15) is 0 Å². The number of hydrogen-bond acceptors (Lipinski definition) is 5. The van der Waals surface area contributed by atoms with Crippen LogP contribution in [0.15, 0.2) is 97.1 Å². The number of hydrogen-bond donors (Lipinski definition) is 3. The molecule has 0 aliphatic rings. The fourth-order valence-electron chi connectivity index (χ4n) is 5.21. The van der Waals surface area contributed by atoms with Crippen LogP contribution in [-0.2, 0) is 20.7 Å². The summed E-state index contributed by atoms with van der Waals surface area (Å²) < 4.78 is 5.53. The normalized spacial score (nSPS) is 13.0. The summed E-state index contributed by atoms with van der Waals surface area (Å²) in [4.78, 5) is 43.7. The first-order valence-corrected chi connectivity index (χ1v) is 15.2. The highest BCUT2D eigenvalue weighted by Gasteiger charge is 2.44. The van der Waals surface area contributed by atoms with Crippen LogP contribution in [0, 0.1) is 0 Å². The number of ether oxygens (including phenoxy) is 1. The van der Waals surface area contributed by atoms with Gasteiger partial charge in [0.1, 0.15) is 23.4 Å². The molecule has 236 valence electrons. The number of fused-ring (bicyclic) bond motifs is 1. The van der Waals surface area contributed by atoms with Crippen molar-refractivity contribution >= 4 is 34.4 Å². The van der Waals surface area contributed by atoms with Gasteiger partial charge in [0.05, 0.1) is 0 Å². The lowest BCUT2D eigenvalue weighted by Gasteiger charge is -2.44. The molecular weight excluding hydrogens is 566 g/mol. The quantitative estimate of drug-likeness (QED) is 0.174. The highest BCUT2D eigenvalue weighted by molar-refractivity contribution is 6.01. The molecule has 0 saturated carbocycles. The van der Waals surface area contributed by atoms with Gasteiger partial charge in [-0.3, -0.25) is 9.59 Å². The number of rotatable bonds is 10. The Labute approximate surface area is 265 Å². The molecule has 3 N–H and O–H groups in total. The standard InChI is InChI=1S/C37H43N3O5/c1-7-37(5,6)40(34(43)30(23-25-15-9-8-10-16-25)39-35(44)45-36(2,3)4)32(29-19-13-14-20-31(29)41)33(42)38-28-22-21-26-17-11-12-18-27(26)24-28/h8-22,24,30,32,41H,7,23H2,1-6H3,(H,38,42)(H,39,44). The van der Waals surface area contributed by atoms with E-state index in [0.29, 0.717) is 12.1 Å². The van der Waals surface area contributed by atoms with Crippen LogP contribution in [0.1, 0.15) is 65.1 Å². The molecular formula is C37H43N3O5. The minimum absolute atomic E-state index is 0.124. The number of nitrogens with one attached hydrogen (secondary N) is 2. The fraction of sp³-hybridized carbons (Fsp3) is 0.324. The number of nitrogens with zero attached hydrogens (tertiary/aromatic N) is 1. The Bertz CT molecular complexity index is 1640. The molecule has 0 radical (unpaired) electrons. The third kappa shape index (κ3) is 8.41. The van der Waals surface area contributed by atoms with E-state index in [2.05, 4.69) is 10.6 Å². The first-order chi connectivity index (χ1) is 21.3. The number of aromatic hydroxyl groups is 1. The average Bonchev–Trinajstić information content (AvgIpc) is 2.99. The molecule has 0 spiro atoms. The highest BCUT2D eigenvalue weighted by atomic mass is 16.6. The van der Waals surface area contributed by atoms with Crippen LogP contribution < -0.4 is 10.6 Å². The second-order valence-electron chi connectivity index (χ2n) is 12.8. The van der Waals surface area contributed by atoms with Gasteiger partial charge in [0, 0.05) is 23.2 Å². The zero-order chi connectivity index (χ0) is 32.8. The van der Waals surface area contributed by atoms with Gasteiger partial charge in [-0.25, -0.2) is 4.79 Å². The Morgan fingerprint density at radius 3 is 2.09 bits per heavy atom. The maximum absolute atomic E-state index is 14.8. The monoisotopic (exact) mass is 609 g/mol. The number of carbonyl (C=O) groups excluding carboxylic acids is 3. The lowest BCUT2D eigenvalue weighted by Crippen LogP contribution is -2.59. The van der Waals surface area contributed by atoms with Gasteiger partial charge in [-0.1, -0.05) is 85.8 Å². The van der Waals surface area contributed by atoms with Crippen molar-refractivity contribution in [1.82, 2.24) is 10.2 Å². The lowest BCUT2D eigenvalue weighted by atomic mass is 9.90. The second kappa shape index (κ2) is 13.8. The van der Waals surface area contributed by atoms with E-state index < -0.39 is 41.1 Å². The molecule has 2 unspecified atom stereocenters. The molecule has 0 bridgehead atoms. The van der Waals surface area contributed by atoms with Crippen LogP contribution in [0.5, 0.6) is 5.75 Å². The Morgan fingerprint density at radius 2 is 1.44 bits per heavy atom. The van der Waals surface area contributed by atoms with Crippen molar-refractivity contribution in [3.05, 3.63) is 108 Å². The van der Waals surface area contributed by atoms with E-state index >= 15 is 0 Å². The summed E-state index contributed by atoms with van der Waals surface area (Å²) in [6.45, 7) is 10.9. The largest absolute Gasteiger partial charge is 0.508 e. The molecule has 0 heterocycles. The molecule has 0 aliphatic heterocycles. The van der Waals surface area contributed by atoms with Crippen molar-refractivity contribution in [2.45, 2.75) is 77.6 Å². The molecule has 4 aromatic rings. The van der Waals surface area contributed by atoms with Crippen LogP contribution in [0.2, 0.25) is 0 Å². The van der Waals surface area contributed by atoms with Crippen molar-refractivity contribution in [2.24, 2.45) is 0 Å². The number of carbonyl (C=O) groups is 3. The predicted octanol–water partition coefficient (Wildman–Crippen LogP) is 7.38. The number of para-hydroxylation sites is 1. The zero-order valence-electron chi connectivity index (χ0n) is 26.8. The van der Waals surface area contributed by atoms with Gasteiger partial charge in [0.25, 0.3) is 5.91 Å². The zero-order valence-corrected chi connectivity index (χ0v) is 26.8. The highest BCUT2D eigenvalue weighted by Crippen LogP contribution is 2.37. The third-order valence-corrected chi connectivity index (χ3v) is 7.78. The summed E-state index contributed by atoms with van der Waals surface area (Å²) in [5.74, 6) is -1.11. The average molecular weight is 610 g/mol. The van der Waals surface area contributed by atoms with Crippen LogP contribution in [-0.4, -0.2) is 45.1 Å². The van der Waals surface area contributed by atoms with Crippen molar-refractivity contribution in [3.8, 4) is 5.75 Å². The molecule has 8 heteroatoms. The molecule has 45 heavy (non-hydrogen) atoms. The number of phenolic OH excluding ortho intramolecular Hbond substituents is 1. The first kappa shape index (κ1) is 33.1. The number of anilines is 1. The third-order valence-electron chi connectivity index (χ3n) is 7.78. The van der Waals surface area contributed by atoms with E-state index in [9.17, 15) is 19.5 Å². The lowest BCUT2D eigenvalue weighted by molar-refractivity contribution is -0.147. The van der Waals surface area contributed by atoms with E-state index in [-0.39, 0.29) is 17.7 Å². The molecule has 2 atom stereocenters. The first-order valence-electron chi connectivity index (χ1n) is 15.2. The van der Waals surface area contributed by atoms with E-state index in [1.54, 1.807) is 39.0 Å². The Balaban J connectivity index is 1.81. The SMILES string of the molecule is CCC(C)(C)N(C(=O)C(Cc1ccccc1)NC(=O)OC(C)(C)C)C(C(=O)Nc1ccc2ccccc2c1)c1ccccc1O. The number of phenols is 1. The van der Waals surface area contributed by atoms with Gasteiger partial charge in [0.15, 0.2) is 0 Å². The van der Waals surface area contributed by atoms with Gasteiger partial charge >= 0.3 is 6.09 Å². The summed E-state index contributed by atoms with van der Waals surface area (Å²) in [5.41, 5.74) is -0.0314. The molecule has 0 aromatic heterocycles. The van der Waals surface area contributed by atoms with Crippen LogP contribution >= 0.6 is 0 Å². The van der Waals surface area contributed by atoms with E-state index in [0.717, 1.165) is 16.3 Å².